The van der Waals surface area contributed by atoms with Crippen molar-refractivity contribution in [1.82, 2.24) is 9.55 Å². The zero-order valence-electron chi connectivity index (χ0n) is 25.5. The lowest BCUT2D eigenvalue weighted by Gasteiger charge is -2.21. The maximum absolute atomic E-state index is 13.5. The summed E-state index contributed by atoms with van der Waals surface area (Å²) in [5, 5.41) is 4.29. The number of nitrogens with zero attached hydrogens (tertiary/aromatic N) is 3. The molecule has 0 radical (unpaired) electrons. The van der Waals surface area contributed by atoms with Crippen LogP contribution in [0.1, 0.15) is 73.5 Å². The minimum atomic E-state index is -3.59. The number of sulfonamides is 1. The molecule has 42 heavy (non-hydrogen) atoms. The van der Waals surface area contributed by atoms with Gasteiger partial charge in [0.25, 0.3) is 5.91 Å². The van der Waals surface area contributed by atoms with Crippen molar-refractivity contribution < 1.29 is 17.9 Å². The van der Waals surface area contributed by atoms with E-state index < -0.39 is 15.9 Å². The molecular formula is C30H41N7O4S. The zero-order valence-corrected chi connectivity index (χ0v) is 26.3. The third-order valence-electron chi connectivity index (χ3n) is 7.52. The van der Waals surface area contributed by atoms with Crippen LogP contribution in [0.2, 0.25) is 0 Å². The molecule has 11 nitrogen and oxygen atoms in total. The van der Waals surface area contributed by atoms with Gasteiger partial charge in [-0.05, 0) is 60.6 Å². The molecule has 0 spiro atoms. The van der Waals surface area contributed by atoms with Gasteiger partial charge in [0.15, 0.2) is 5.75 Å². The van der Waals surface area contributed by atoms with Gasteiger partial charge < -0.3 is 20.4 Å². The van der Waals surface area contributed by atoms with Crippen molar-refractivity contribution in [3.05, 3.63) is 70.9 Å². The number of hydrogen-bond donors (Lipinski definition) is 4. The monoisotopic (exact) mass is 595 g/mol. The van der Waals surface area contributed by atoms with Crippen molar-refractivity contribution in [2.24, 2.45) is 18.6 Å². The molecule has 1 saturated carbocycles. The lowest BCUT2D eigenvalue weighted by Crippen LogP contribution is -2.27. The summed E-state index contributed by atoms with van der Waals surface area (Å²) < 4.78 is 34.2. The molecule has 6 N–H and O–H groups in total. The molecule has 1 amide bonds. The summed E-state index contributed by atoms with van der Waals surface area (Å²) in [6, 6.07) is 8.77. The predicted octanol–water partition coefficient (Wildman–Crippen LogP) is 4.35. The van der Waals surface area contributed by atoms with Crippen LogP contribution in [0, 0.1) is 6.92 Å². The number of amides is 1. The van der Waals surface area contributed by atoms with Crippen molar-refractivity contribution in [2.75, 3.05) is 28.4 Å². The van der Waals surface area contributed by atoms with Crippen LogP contribution in [0.4, 0.5) is 17.1 Å². The van der Waals surface area contributed by atoms with Crippen LogP contribution in [0.15, 0.2) is 42.7 Å². The molecule has 3 aromatic rings. The fourth-order valence-corrected chi connectivity index (χ4v) is 5.48. The van der Waals surface area contributed by atoms with Crippen molar-refractivity contribution >= 4 is 38.7 Å². The second-order valence-electron chi connectivity index (χ2n) is 12.3. The number of carbonyl (C=O) groups excluding carboxylic acids is 1. The average Bonchev–Trinajstić information content (AvgIpc) is 3.50. The quantitative estimate of drug-likeness (QED) is 0.210. The molecule has 0 bridgehead atoms. The van der Waals surface area contributed by atoms with Crippen molar-refractivity contribution in [2.45, 2.75) is 58.3 Å². The molecule has 12 heteroatoms. The number of nitrogens with one attached hydrogen (secondary N) is 2. The maximum atomic E-state index is 13.5. The highest BCUT2D eigenvalue weighted by Gasteiger charge is 2.40. The summed E-state index contributed by atoms with van der Waals surface area (Å²) in [7, 11) is -0.257. The van der Waals surface area contributed by atoms with Crippen molar-refractivity contribution in [3.8, 4) is 5.75 Å². The minimum absolute atomic E-state index is 0.0927. The second-order valence-corrected chi connectivity index (χ2v) is 14.0. The first-order chi connectivity index (χ1) is 19.4. The van der Waals surface area contributed by atoms with Gasteiger partial charge in [-0.3, -0.25) is 14.5 Å². The molecule has 1 aliphatic carbocycles. The summed E-state index contributed by atoms with van der Waals surface area (Å²) in [6.45, 7) is 10.2. The third kappa shape index (κ3) is 6.55. The summed E-state index contributed by atoms with van der Waals surface area (Å²) in [5.41, 5.74) is 10.6. The van der Waals surface area contributed by atoms with Gasteiger partial charge in [0.1, 0.15) is 5.82 Å². The summed E-state index contributed by atoms with van der Waals surface area (Å²) in [4.78, 5) is 18.0. The minimum Gasteiger partial charge on any atom is -0.492 e. The van der Waals surface area contributed by atoms with E-state index in [9.17, 15) is 13.2 Å². The van der Waals surface area contributed by atoms with Crippen LogP contribution in [-0.4, -0.2) is 37.2 Å². The van der Waals surface area contributed by atoms with E-state index >= 15 is 0 Å². The Morgan fingerprint density at radius 2 is 1.83 bits per heavy atom. The molecular weight excluding hydrogens is 554 g/mol. The van der Waals surface area contributed by atoms with Crippen LogP contribution >= 0.6 is 0 Å². The topological polar surface area (TPSA) is 158 Å². The Morgan fingerprint density at radius 1 is 1.19 bits per heavy atom. The van der Waals surface area contributed by atoms with E-state index in [1.165, 1.54) is 12.1 Å². The Bertz CT molecular complexity index is 1670. The number of benzene rings is 2. The van der Waals surface area contributed by atoms with Crippen LogP contribution in [0.25, 0.3) is 5.70 Å². The number of nitrogens with two attached hydrogens (primary N) is 2. The van der Waals surface area contributed by atoms with Crippen molar-refractivity contribution in [1.29, 1.82) is 0 Å². The molecule has 1 aromatic heterocycles. The highest BCUT2D eigenvalue weighted by Crippen LogP contribution is 2.50. The van der Waals surface area contributed by atoms with Crippen LogP contribution in [-0.2, 0) is 27.9 Å². The Kier molecular flexibility index (Phi) is 8.09. The third-order valence-corrected chi connectivity index (χ3v) is 8.11. The Hall–Kier alpha value is -4.03. The Labute approximate surface area is 248 Å². The van der Waals surface area contributed by atoms with Gasteiger partial charge in [0.2, 0.25) is 10.0 Å². The second kappa shape index (κ2) is 11.0. The van der Waals surface area contributed by atoms with E-state index in [0.717, 1.165) is 41.7 Å². The number of anilines is 3. The Balaban J connectivity index is 1.65. The van der Waals surface area contributed by atoms with Gasteiger partial charge in [0, 0.05) is 24.2 Å². The maximum Gasteiger partial charge on any atom is 0.255 e. The normalized spacial score (nSPS) is 14.8. The first kappa shape index (κ1) is 30.9. The first-order valence-electron chi connectivity index (χ1n) is 13.6. The predicted molar refractivity (Wildman–Crippen MR) is 168 cm³/mol. The number of methoxy groups -OCH3 is 1. The van der Waals surface area contributed by atoms with Crippen LogP contribution < -0.4 is 31.4 Å². The summed E-state index contributed by atoms with van der Waals surface area (Å²) in [5.74, 6) is 7.12. The summed E-state index contributed by atoms with van der Waals surface area (Å²) in [6.07, 6.45) is 6.31. The molecule has 0 unspecified atom stereocenters. The van der Waals surface area contributed by atoms with E-state index in [4.69, 9.17) is 16.3 Å². The molecule has 2 aromatic carbocycles. The highest BCUT2D eigenvalue weighted by molar-refractivity contribution is 7.92. The van der Waals surface area contributed by atoms with Gasteiger partial charge in [-0.25, -0.2) is 19.2 Å². The number of carbonyl (C=O) groups is 1. The van der Waals surface area contributed by atoms with Crippen LogP contribution in [0.3, 0.4) is 0 Å². The lowest BCUT2D eigenvalue weighted by molar-refractivity contribution is 0.102. The number of hydrogen-bond acceptors (Lipinski definition) is 8. The van der Waals surface area contributed by atoms with Gasteiger partial charge in [-0.2, -0.15) is 0 Å². The van der Waals surface area contributed by atoms with Gasteiger partial charge in [-0.1, -0.05) is 33.8 Å². The molecule has 1 aliphatic rings. The number of rotatable bonds is 9. The SMILES string of the molecule is COc1c(NC(=O)c2ccc(C)c(N(N)/C=C(\N)c3cnc(C(C)(C)C)n3C)c2)cc(C2(C)CC2)cc1NS(C)(=O)=O. The number of hydrazine groups is 1. The largest absolute Gasteiger partial charge is 0.492 e. The van der Waals surface area contributed by atoms with Crippen LogP contribution in [0.5, 0.6) is 5.75 Å². The molecule has 4 rings (SSSR count). The number of imidazole rings is 1. The fraction of sp³-hybridized carbons (Fsp3) is 0.400. The lowest BCUT2D eigenvalue weighted by atomic mass is 9.96. The fourth-order valence-electron chi connectivity index (χ4n) is 4.93. The van der Waals surface area contributed by atoms with Gasteiger partial charge in [-0.15, -0.1) is 0 Å². The first-order valence-corrected chi connectivity index (χ1v) is 15.5. The number of ether oxygens (including phenoxy) is 1. The van der Waals surface area contributed by atoms with E-state index in [0.29, 0.717) is 22.6 Å². The molecule has 1 heterocycles. The summed E-state index contributed by atoms with van der Waals surface area (Å²) >= 11 is 0. The highest BCUT2D eigenvalue weighted by atomic mass is 32.2. The molecule has 1 fully saturated rings. The van der Waals surface area contributed by atoms with E-state index in [2.05, 4.69) is 42.7 Å². The van der Waals surface area contributed by atoms with E-state index in [1.54, 1.807) is 36.7 Å². The van der Waals surface area contributed by atoms with Gasteiger partial charge in [0.05, 0.1) is 48.0 Å². The van der Waals surface area contributed by atoms with E-state index in [1.807, 2.05) is 24.6 Å². The van der Waals surface area contributed by atoms with Crippen molar-refractivity contribution in [3.63, 3.8) is 0 Å². The van der Waals surface area contributed by atoms with Gasteiger partial charge >= 0.3 is 0 Å². The smallest absolute Gasteiger partial charge is 0.255 e. The molecule has 0 aliphatic heterocycles. The standard InChI is InChI=1S/C30H41N7O4S/c1-18-9-10-19(13-24(18)37(32)17-21(31)25-16-33-28(36(25)6)29(2,3)4)27(38)34-22-14-20(30(5)11-12-30)15-23(26(22)41-7)35-42(8,39)40/h9-10,13-17,35H,11-12,31-32H2,1-8H3,(H,34,38)/b21-17-. The average molecular weight is 596 g/mol. The number of aromatic nitrogens is 2. The Morgan fingerprint density at radius 3 is 2.38 bits per heavy atom. The molecule has 0 atom stereocenters. The number of aryl methyl sites for hydroxylation is 1. The van der Waals surface area contributed by atoms with E-state index in [-0.39, 0.29) is 22.3 Å². The molecule has 226 valence electrons. The zero-order chi connectivity index (χ0) is 31.2. The molecule has 0 saturated heterocycles.